The lowest BCUT2D eigenvalue weighted by molar-refractivity contribution is -0.141. The second-order valence-electron chi connectivity index (χ2n) is 9.42. The van der Waals surface area contributed by atoms with E-state index in [1.165, 1.54) is 16.2 Å². The number of nitrogen functional groups attached to an aromatic ring is 1. The molecule has 5 rings (SSSR count). The fourth-order valence-corrected chi connectivity index (χ4v) is 6.46. The molecule has 0 aliphatic carbocycles. The Kier molecular flexibility index (Phi) is 5.70. The van der Waals surface area contributed by atoms with E-state index in [0.29, 0.717) is 42.7 Å². The zero-order chi connectivity index (χ0) is 23.2. The predicted molar refractivity (Wildman–Crippen MR) is 127 cm³/mol. The Morgan fingerprint density at radius 2 is 2.00 bits per heavy atom. The minimum atomic E-state index is -0.552. The molecule has 33 heavy (non-hydrogen) atoms. The largest absolute Gasteiger partial charge is 0.390 e. The van der Waals surface area contributed by atoms with Gasteiger partial charge in [0.2, 0.25) is 11.8 Å². The fourth-order valence-electron chi connectivity index (χ4n) is 5.56. The Morgan fingerprint density at radius 1 is 1.21 bits per heavy atom. The highest BCUT2D eigenvalue weighted by Gasteiger charge is 2.52. The normalized spacial score (nSPS) is 24.8. The molecule has 2 aromatic rings. The molecule has 0 radical (unpaired) electrons. The number of amides is 3. The number of nitrogens with zero attached hydrogens (tertiary/aromatic N) is 4. The summed E-state index contributed by atoms with van der Waals surface area (Å²) in [5.74, 6) is -0.125. The second-order valence-corrected chi connectivity index (χ2v) is 10.5. The lowest BCUT2D eigenvalue weighted by Crippen LogP contribution is -2.54. The van der Waals surface area contributed by atoms with E-state index in [1.807, 2.05) is 29.2 Å². The summed E-state index contributed by atoms with van der Waals surface area (Å²) in [6.07, 6.45) is 5.48. The molecule has 8 nitrogen and oxygen atoms in total. The predicted octanol–water partition coefficient (Wildman–Crippen LogP) is 2.47. The lowest BCUT2D eigenvalue weighted by atomic mass is 9.77. The Bertz CT molecular complexity index is 1080. The Hall–Kier alpha value is -2.78. The van der Waals surface area contributed by atoms with Gasteiger partial charge in [0.05, 0.1) is 26.6 Å². The molecule has 9 heteroatoms. The van der Waals surface area contributed by atoms with Crippen LogP contribution >= 0.6 is 11.3 Å². The maximum atomic E-state index is 13.2. The van der Waals surface area contributed by atoms with E-state index in [0.717, 1.165) is 42.8 Å². The number of pyridine rings is 1. The quantitative estimate of drug-likeness (QED) is 0.696. The summed E-state index contributed by atoms with van der Waals surface area (Å²) in [6.45, 7) is 2.91. The van der Waals surface area contributed by atoms with Crippen molar-refractivity contribution < 1.29 is 14.4 Å². The number of carbonyl (C=O) groups excluding carboxylic acids is 3. The van der Waals surface area contributed by atoms with Crippen molar-refractivity contribution in [1.82, 2.24) is 19.7 Å². The van der Waals surface area contributed by atoms with Crippen LogP contribution in [0.4, 0.5) is 5.00 Å². The summed E-state index contributed by atoms with van der Waals surface area (Å²) in [7, 11) is 1.60. The molecule has 1 spiro atoms. The molecule has 2 N–H and O–H groups in total. The third kappa shape index (κ3) is 3.93. The maximum absolute atomic E-state index is 13.2. The molecule has 1 unspecified atom stereocenters. The molecule has 3 fully saturated rings. The van der Waals surface area contributed by atoms with E-state index in [-0.39, 0.29) is 17.7 Å². The van der Waals surface area contributed by atoms with Crippen LogP contribution in [0.3, 0.4) is 0 Å². The summed E-state index contributed by atoms with van der Waals surface area (Å²) < 4.78 is 0. The molecule has 3 amide bonds. The van der Waals surface area contributed by atoms with Crippen LogP contribution in [0.5, 0.6) is 0 Å². The number of hydrogen-bond acceptors (Lipinski definition) is 7. The number of aromatic nitrogens is 1. The van der Waals surface area contributed by atoms with Gasteiger partial charge in [0, 0.05) is 45.3 Å². The first-order valence-electron chi connectivity index (χ1n) is 11.5. The third-order valence-corrected chi connectivity index (χ3v) is 8.39. The topological polar surface area (TPSA) is 99.8 Å². The molecule has 3 aliphatic heterocycles. The van der Waals surface area contributed by atoms with Gasteiger partial charge in [0.1, 0.15) is 0 Å². The van der Waals surface area contributed by atoms with Crippen LogP contribution in [0.2, 0.25) is 0 Å². The first kappa shape index (κ1) is 22.0. The second kappa shape index (κ2) is 8.53. The van der Waals surface area contributed by atoms with Crippen molar-refractivity contribution in [2.45, 2.75) is 38.1 Å². The first-order chi connectivity index (χ1) is 15.9. The number of imide groups is 1. The number of nitrogens with two attached hydrogens (primary N) is 1. The van der Waals surface area contributed by atoms with Crippen LogP contribution in [-0.4, -0.2) is 76.7 Å². The highest BCUT2D eigenvalue weighted by molar-refractivity contribution is 7.19. The molecule has 1 atom stereocenters. The Morgan fingerprint density at radius 3 is 2.67 bits per heavy atom. The van der Waals surface area contributed by atoms with E-state index in [2.05, 4.69) is 9.88 Å². The summed E-state index contributed by atoms with van der Waals surface area (Å²) >= 11 is 1.39. The van der Waals surface area contributed by atoms with Crippen LogP contribution in [-0.2, 0) is 9.59 Å². The molecular weight excluding hydrogens is 438 g/mol. The maximum Gasteiger partial charge on any atom is 0.256 e. The van der Waals surface area contributed by atoms with Crippen molar-refractivity contribution in [2.24, 2.45) is 5.41 Å². The van der Waals surface area contributed by atoms with Gasteiger partial charge in [0.15, 0.2) is 0 Å². The third-order valence-electron chi connectivity index (χ3n) is 7.41. The number of hydrogen-bond donors (Lipinski definition) is 1. The van der Waals surface area contributed by atoms with Crippen molar-refractivity contribution in [3.05, 3.63) is 36.0 Å². The number of thiophene rings is 1. The highest BCUT2D eigenvalue weighted by Crippen LogP contribution is 2.41. The van der Waals surface area contributed by atoms with Crippen LogP contribution < -0.4 is 5.73 Å². The minimum Gasteiger partial charge on any atom is -0.390 e. The molecule has 3 saturated heterocycles. The smallest absolute Gasteiger partial charge is 0.256 e. The molecule has 3 aliphatic rings. The van der Waals surface area contributed by atoms with Crippen molar-refractivity contribution in [3.8, 4) is 10.6 Å². The number of rotatable bonds is 3. The van der Waals surface area contributed by atoms with E-state index in [4.69, 9.17) is 5.73 Å². The molecule has 0 bridgehead atoms. The molecule has 2 aromatic heterocycles. The number of anilines is 1. The zero-order valence-electron chi connectivity index (χ0n) is 18.8. The Balaban J connectivity index is 1.23. The molecule has 0 aromatic carbocycles. The van der Waals surface area contributed by atoms with Gasteiger partial charge in [-0.2, -0.15) is 0 Å². The number of likely N-dealkylation sites (tertiary alicyclic amines) is 3. The van der Waals surface area contributed by atoms with E-state index >= 15 is 0 Å². The Labute approximate surface area is 197 Å². The summed E-state index contributed by atoms with van der Waals surface area (Å²) in [4.78, 5) is 48.9. The van der Waals surface area contributed by atoms with Gasteiger partial charge in [-0.15, -0.1) is 11.3 Å². The molecular formula is C24H29N5O3S. The number of piperidine rings is 2. The first-order valence-corrected chi connectivity index (χ1v) is 12.3. The lowest BCUT2D eigenvalue weighted by Gasteiger charge is -2.45. The summed E-state index contributed by atoms with van der Waals surface area (Å²) in [5, 5.41) is 0.522. The van der Waals surface area contributed by atoms with Crippen molar-refractivity contribution in [2.75, 3.05) is 39.0 Å². The van der Waals surface area contributed by atoms with Crippen LogP contribution in [0.15, 0.2) is 30.5 Å². The van der Waals surface area contributed by atoms with Gasteiger partial charge >= 0.3 is 0 Å². The van der Waals surface area contributed by atoms with E-state index < -0.39 is 5.41 Å². The molecule has 0 saturated carbocycles. The average molecular weight is 468 g/mol. The van der Waals surface area contributed by atoms with Crippen molar-refractivity contribution >= 4 is 34.1 Å². The van der Waals surface area contributed by atoms with Crippen LogP contribution in [0.25, 0.3) is 10.6 Å². The standard InChI is InChI=1S/C24H29N5O3S/c1-27-20(30)14-24(23(27)32)8-4-10-29(15-24)16-6-11-28(12-7-16)22(31)17-13-19(33-21(17)25)18-5-2-3-9-26-18/h2-3,5,9,13,16H,4,6-8,10-12,14-15,25H2,1H3. The van der Waals surface area contributed by atoms with Crippen molar-refractivity contribution in [1.29, 1.82) is 0 Å². The number of carbonyl (C=O) groups is 3. The highest BCUT2D eigenvalue weighted by atomic mass is 32.1. The van der Waals surface area contributed by atoms with Gasteiger partial charge in [-0.3, -0.25) is 29.2 Å². The SMILES string of the molecule is CN1C(=O)CC2(CCCN(C3CCN(C(=O)c4cc(-c5ccccn5)sc4N)CC3)C2)C1=O. The van der Waals surface area contributed by atoms with Gasteiger partial charge in [-0.25, -0.2) is 0 Å². The molecule has 174 valence electrons. The monoisotopic (exact) mass is 467 g/mol. The zero-order valence-corrected chi connectivity index (χ0v) is 19.6. The van der Waals surface area contributed by atoms with Crippen LogP contribution in [0, 0.1) is 5.41 Å². The minimum absolute atomic E-state index is 0.0264. The molecule has 5 heterocycles. The fraction of sp³-hybridized carbons (Fsp3) is 0.500. The summed E-state index contributed by atoms with van der Waals surface area (Å²) in [6, 6.07) is 7.87. The van der Waals surface area contributed by atoms with Gasteiger partial charge in [-0.1, -0.05) is 6.07 Å². The van der Waals surface area contributed by atoms with Gasteiger partial charge in [0.25, 0.3) is 5.91 Å². The summed E-state index contributed by atoms with van der Waals surface area (Å²) in [5.41, 5.74) is 7.02. The van der Waals surface area contributed by atoms with E-state index in [9.17, 15) is 14.4 Å². The van der Waals surface area contributed by atoms with Gasteiger partial charge < -0.3 is 10.6 Å². The van der Waals surface area contributed by atoms with Crippen molar-refractivity contribution in [3.63, 3.8) is 0 Å². The average Bonchev–Trinajstić information content (AvgIpc) is 3.33. The van der Waals surface area contributed by atoms with Gasteiger partial charge in [-0.05, 0) is 50.4 Å². The van der Waals surface area contributed by atoms with E-state index in [1.54, 1.807) is 13.2 Å². The van der Waals surface area contributed by atoms with Crippen LogP contribution in [0.1, 0.15) is 42.5 Å².